The summed E-state index contributed by atoms with van der Waals surface area (Å²) in [6.45, 7) is 0.851. The standard InChI is InChI=1S/C16H18N4O/c1-21-14-5-2-4-13-12(14)7-9-20-16(13)19-8-3-6-15-17-10-11-18-15/h2,4-5,7,9-11H,3,6,8H2,1H3,(H,17,18)(H,19,20). The van der Waals surface area contributed by atoms with Crippen LogP contribution in [0, 0.1) is 0 Å². The topological polar surface area (TPSA) is 62.8 Å². The second kappa shape index (κ2) is 6.26. The number of imidazole rings is 1. The van der Waals surface area contributed by atoms with E-state index in [-0.39, 0.29) is 0 Å². The van der Waals surface area contributed by atoms with Crippen LogP contribution in [0.4, 0.5) is 5.82 Å². The molecule has 0 atom stereocenters. The first-order valence-electron chi connectivity index (χ1n) is 7.02. The van der Waals surface area contributed by atoms with Crippen molar-refractivity contribution in [3.63, 3.8) is 0 Å². The van der Waals surface area contributed by atoms with Crippen LogP contribution in [0.2, 0.25) is 0 Å². The number of rotatable bonds is 6. The summed E-state index contributed by atoms with van der Waals surface area (Å²) in [7, 11) is 1.69. The summed E-state index contributed by atoms with van der Waals surface area (Å²) in [4.78, 5) is 11.8. The molecule has 0 radical (unpaired) electrons. The van der Waals surface area contributed by atoms with Crippen LogP contribution in [0.15, 0.2) is 42.9 Å². The van der Waals surface area contributed by atoms with Crippen molar-refractivity contribution in [2.24, 2.45) is 0 Å². The Balaban J connectivity index is 1.69. The van der Waals surface area contributed by atoms with E-state index < -0.39 is 0 Å². The smallest absolute Gasteiger partial charge is 0.133 e. The van der Waals surface area contributed by atoms with Gasteiger partial charge in [0.1, 0.15) is 17.4 Å². The van der Waals surface area contributed by atoms with Gasteiger partial charge in [0.2, 0.25) is 0 Å². The molecular formula is C16H18N4O. The zero-order chi connectivity index (χ0) is 14.5. The molecule has 3 rings (SSSR count). The quantitative estimate of drug-likeness (QED) is 0.682. The minimum Gasteiger partial charge on any atom is -0.496 e. The third-order valence-electron chi connectivity index (χ3n) is 3.42. The average Bonchev–Trinajstić information content (AvgIpc) is 3.04. The molecule has 1 aromatic carbocycles. The van der Waals surface area contributed by atoms with Crippen LogP contribution in [-0.4, -0.2) is 28.6 Å². The number of aromatic nitrogens is 3. The van der Waals surface area contributed by atoms with Gasteiger partial charge in [-0.2, -0.15) is 0 Å². The lowest BCUT2D eigenvalue weighted by molar-refractivity contribution is 0.420. The Morgan fingerprint density at radius 3 is 2.90 bits per heavy atom. The van der Waals surface area contributed by atoms with E-state index in [9.17, 15) is 0 Å². The predicted octanol–water partition coefficient (Wildman–Crippen LogP) is 3.01. The molecule has 0 bridgehead atoms. The van der Waals surface area contributed by atoms with Crippen LogP contribution < -0.4 is 10.1 Å². The number of aromatic amines is 1. The highest BCUT2D eigenvalue weighted by Gasteiger charge is 2.05. The molecule has 21 heavy (non-hydrogen) atoms. The highest BCUT2D eigenvalue weighted by molar-refractivity contribution is 5.95. The van der Waals surface area contributed by atoms with Gasteiger partial charge >= 0.3 is 0 Å². The summed E-state index contributed by atoms with van der Waals surface area (Å²) >= 11 is 0. The molecule has 5 heteroatoms. The molecule has 0 aliphatic rings. The monoisotopic (exact) mass is 282 g/mol. The van der Waals surface area contributed by atoms with Crippen molar-refractivity contribution in [2.75, 3.05) is 19.0 Å². The number of aryl methyl sites for hydroxylation is 1. The van der Waals surface area contributed by atoms with Crippen molar-refractivity contribution in [2.45, 2.75) is 12.8 Å². The van der Waals surface area contributed by atoms with Gasteiger partial charge in [-0.25, -0.2) is 9.97 Å². The van der Waals surface area contributed by atoms with E-state index in [0.29, 0.717) is 0 Å². The highest BCUT2D eigenvalue weighted by atomic mass is 16.5. The average molecular weight is 282 g/mol. The second-order valence-electron chi connectivity index (χ2n) is 4.78. The number of H-pyrrole nitrogens is 1. The Morgan fingerprint density at radius 2 is 2.10 bits per heavy atom. The minimum atomic E-state index is 0.851. The lowest BCUT2D eigenvalue weighted by Crippen LogP contribution is -2.05. The molecule has 2 aromatic heterocycles. The minimum absolute atomic E-state index is 0.851. The van der Waals surface area contributed by atoms with Crippen LogP contribution >= 0.6 is 0 Å². The maximum absolute atomic E-state index is 5.39. The number of fused-ring (bicyclic) bond motifs is 1. The normalized spacial score (nSPS) is 10.7. The summed E-state index contributed by atoms with van der Waals surface area (Å²) < 4.78 is 5.39. The number of anilines is 1. The Labute approximate surface area is 123 Å². The van der Waals surface area contributed by atoms with Crippen molar-refractivity contribution >= 4 is 16.6 Å². The van der Waals surface area contributed by atoms with Crippen LogP contribution in [0.5, 0.6) is 5.75 Å². The maximum Gasteiger partial charge on any atom is 0.133 e. The fourth-order valence-corrected chi connectivity index (χ4v) is 2.39. The molecule has 2 N–H and O–H groups in total. The van der Waals surface area contributed by atoms with Gasteiger partial charge in [-0.1, -0.05) is 12.1 Å². The molecule has 5 nitrogen and oxygen atoms in total. The predicted molar refractivity (Wildman–Crippen MR) is 83.7 cm³/mol. The number of methoxy groups -OCH3 is 1. The fraction of sp³-hybridized carbons (Fsp3) is 0.250. The summed E-state index contributed by atoms with van der Waals surface area (Å²) in [5, 5.41) is 5.54. The van der Waals surface area contributed by atoms with Gasteiger partial charge in [0, 0.05) is 42.3 Å². The first-order chi connectivity index (χ1) is 10.4. The van der Waals surface area contributed by atoms with Crippen LogP contribution in [-0.2, 0) is 6.42 Å². The molecule has 0 saturated carbocycles. The van der Waals surface area contributed by atoms with Crippen molar-refractivity contribution in [1.29, 1.82) is 0 Å². The van der Waals surface area contributed by atoms with Gasteiger partial charge in [-0.15, -0.1) is 0 Å². The molecule has 0 aliphatic heterocycles. The fourth-order valence-electron chi connectivity index (χ4n) is 2.39. The zero-order valence-electron chi connectivity index (χ0n) is 12.0. The van der Waals surface area contributed by atoms with E-state index in [1.165, 1.54) is 0 Å². The van der Waals surface area contributed by atoms with Gasteiger partial charge in [-0.3, -0.25) is 0 Å². The van der Waals surface area contributed by atoms with Gasteiger partial charge in [-0.05, 0) is 18.6 Å². The summed E-state index contributed by atoms with van der Waals surface area (Å²) in [5.41, 5.74) is 0. The van der Waals surface area contributed by atoms with Gasteiger partial charge in [0.05, 0.1) is 7.11 Å². The number of pyridine rings is 1. The van der Waals surface area contributed by atoms with E-state index in [2.05, 4.69) is 26.3 Å². The number of nitrogens with one attached hydrogen (secondary N) is 2. The van der Waals surface area contributed by atoms with Crippen molar-refractivity contribution in [1.82, 2.24) is 15.0 Å². The van der Waals surface area contributed by atoms with E-state index in [4.69, 9.17) is 4.74 Å². The second-order valence-corrected chi connectivity index (χ2v) is 4.78. The molecule has 0 saturated heterocycles. The van der Waals surface area contributed by atoms with Gasteiger partial charge < -0.3 is 15.0 Å². The largest absolute Gasteiger partial charge is 0.496 e. The number of ether oxygens (including phenoxy) is 1. The third kappa shape index (κ3) is 2.97. The van der Waals surface area contributed by atoms with Gasteiger partial charge in [0.25, 0.3) is 0 Å². The van der Waals surface area contributed by atoms with Crippen molar-refractivity contribution in [3.8, 4) is 5.75 Å². The first kappa shape index (κ1) is 13.4. The summed E-state index contributed by atoms with van der Waals surface area (Å²) in [6, 6.07) is 7.97. The Hall–Kier alpha value is -2.56. The summed E-state index contributed by atoms with van der Waals surface area (Å²) in [6.07, 6.45) is 7.35. The van der Waals surface area contributed by atoms with Crippen molar-refractivity contribution < 1.29 is 4.74 Å². The lowest BCUT2D eigenvalue weighted by atomic mass is 10.1. The Kier molecular flexibility index (Phi) is 4.00. The van der Waals surface area contributed by atoms with E-state index in [1.54, 1.807) is 19.5 Å². The molecule has 0 aliphatic carbocycles. The zero-order valence-corrected chi connectivity index (χ0v) is 12.0. The SMILES string of the molecule is COc1cccc2c(NCCCc3ncc[nH]3)nccc12. The summed E-state index contributed by atoms with van der Waals surface area (Å²) in [5.74, 6) is 2.78. The maximum atomic E-state index is 5.39. The van der Waals surface area contributed by atoms with E-state index in [0.717, 1.165) is 47.6 Å². The Bertz CT molecular complexity index is 709. The highest BCUT2D eigenvalue weighted by Crippen LogP contribution is 2.28. The third-order valence-corrected chi connectivity index (χ3v) is 3.42. The number of benzene rings is 1. The molecule has 0 amide bonds. The molecule has 3 aromatic rings. The molecule has 108 valence electrons. The van der Waals surface area contributed by atoms with Crippen LogP contribution in [0.3, 0.4) is 0 Å². The van der Waals surface area contributed by atoms with Crippen LogP contribution in [0.1, 0.15) is 12.2 Å². The van der Waals surface area contributed by atoms with E-state index in [1.807, 2.05) is 24.4 Å². The molecular weight excluding hydrogens is 264 g/mol. The number of hydrogen-bond donors (Lipinski definition) is 2. The van der Waals surface area contributed by atoms with Gasteiger partial charge in [0.15, 0.2) is 0 Å². The number of hydrogen-bond acceptors (Lipinski definition) is 4. The molecule has 0 unspecified atom stereocenters. The lowest BCUT2D eigenvalue weighted by Gasteiger charge is -2.10. The van der Waals surface area contributed by atoms with E-state index >= 15 is 0 Å². The first-order valence-corrected chi connectivity index (χ1v) is 7.02. The van der Waals surface area contributed by atoms with Crippen LogP contribution in [0.25, 0.3) is 10.8 Å². The van der Waals surface area contributed by atoms with Crippen molar-refractivity contribution in [3.05, 3.63) is 48.7 Å². The molecule has 2 heterocycles. The Morgan fingerprint density at radius 1 is 1.14 bits per heavy atom. The number of nitrogens with zero attached hydrogens (tertiary/aromatic N) is 2. The molecule has 0 spiro atoms. The molecule has 0 fully saturated rings.